The standard InChI is InChI=1S/C22H28N4O4.C9H16/c1-3-25-15-7-6-8-16(25)12-17(11-15)26-19-10-5-4-9-18(19)23-21(22(26)29)14(2)24-30-13-20(27)28;1-9(2)7-4-3-5-8(9)6-7/h4-5,9-10,15-17H,3,6-8,11-13H2,1-2H3,(H,27,28);7-8H,3-6H2,1-2H3/b24-14+;. The zero-order valence-electron chi connectivity index (χ0n) is 23.9. The average Bonchev–Trinajstić information content (AvgIpc) is 2.92. The number of fused-ring (bicyclic) bond motifs is 5. The van der Waals surface area contributed by atoms with Crippen LogP contribution in [0.1, 0.15) is 97.2 Å². The Morgan fingerprint density at radius 2 is 1.69 bits per heavy atom. The third-order valence-corrected chi connectivity index (χ3v) is 10.1. The fraction of sp³-hybridized carbons (Fsp3) is 0.677. The van der Waals surface area contributed by atoms with Gasteiger partial charge in [-0.3, -0.25) is 9.69 Å². The van der Waals surface area contributed by atoms with Gasteiger partial charge in [0.15, 0.2) is 5.69 Å². The van der Waals surface area contributed by atoms with Crippen LogP contribution in [0.15, 0.2) is 34.2 Å². The van der Waals surface area contributed by atoms with E-state index in [1.807, 2.05) is 28.8 Å². The summed E-state index contributed by atoms with van der Waals surface area (Å²) in [6, 6.07) is 8.78. The zero-order chi connectivity index (χ0) is 27.7. The lowest BCUT2D eigenvalue weighted by Crippen LogP contribution is -2.53. The first-order valence-electron chi connectivity index (χ1n) is 14.9. The molecule has 0 radical (unpaired) electrons. The Morgan fingerprint density at radius 1 is 1.05 bits per heavy atom. The molecule has 1 N–H and O–H groups in total. The Bertz CT molecular complexity index is 1260. The van der Waals surface area contributed by atoms with E-state index >= 15 is 0 Å². The first kappa shape index (κ1) is 27.8. The predicted octanol–water partition coefficient (Wildman–Crippen LogP) is 5.63. The van der Waals surface area contributed by atoms with E-state index in [1.54, 1.807) is 13.3 Å². The molecule has 3 aliphatic carbocycles. The molecular formula is C31H44N4O4. The second kappa shape index (κ2) is 11.4. The average molecular weight is 537 g/mol. The van der Waals surface area contributed by atoms with Gasteiger partial charge in [0.05, 0.1) is 11.0 Å². The van der Waals surface area contributed by atoms with Gasteiger partial charge in [-0.25, -0.2) is 9.78 Å². The van der Waals surface area contributed by atoms with E-state index in [0.29, 0.717) is 12.1 Å². The number of hydrogen-bond acceptors (Lipinski definition) is 6. The highest BCUT2D eigenvalue weighted by molar-refractivity contribution is 5.97. The lowest BCUT2D eigenvalue weighted by atomic mass is 9.49. The molecule has 4 bridgehead atoms. The van der Waals surface area contributed by atoms with E-state index < -0.39 is 12.6 Å². The molecule has 2 aliphatic heterocycles. The molecule has 3 heterocycles. The minimum Gasteiger partial charge on any atom is -0.479 e. The second-order valence-electron chi connectivity index (χ2n) is 12.5. The van der Waals surface area contributed by atoms with Gasteiger partial charge in [-0.2, -0.15) is 0 Å². The second-order valence-corrected chi connectivity index (χ2v) is 12.5. The van der Waals surface area contributed by atoms with Crippen molar-refractivity contribution in [2.45, 2.75) is 104 Å². The van der Waals surface area contributed by atoms with Crippen molar-refractivity contribution in [2.24, 2.45) is 22.4 Å². The Morgan fingerprint density at radius 3 is 2.26 bits per heavy atom. The number of carbonyl (C=O) groups is 1. The molecule has 2 aromatic rings. The van der Waals surface area contributed by atoms with Crippen LogP contribution in [0.2, 0.25) is 0 Å². The van der Waals surface area contributed by atoms with Crippen LogP contribution in [0.25, 0.3) is 11.0 Å². The quantitative estimate of drug-likeness (QED) is 0.380. The van der Waals surface area contributed by atoms with Gasteiger partial charge in [0.1, 0.15) is 5.71 Å². The molecule has 4 atom stereocenters. The summed E-state index contributed by atoms with van der Waals surface area (Å²) in [4.78, 5) is 36.2. The number of aliphatic carboxylic acids is 1. The van der Waals surface area contributed by atoms with Crippen LogP contribution < -0.4 is 5.56 Å². The Balaban J connectivity index is 0.000000287. The molecule has 5 aliphatic rings. The molecule has 8 nitrogen and oxygen atoms in total. The monoisotopic (exact) mass is 536 g/mol. The summed E-state index contributed by atoms with van der Waals surface area (Å²) in [5.74, 6) is 1.07. The van der Waals surface area contributed by atoms with E-state index in [0.717, 1.165) is 47.7 Å². The summed E-state index contributed by atoms with van der Waals surface area (Å²) in [6.07, 6.45) is 11.6. The van der Waals surface area contributed by atoms with Crippen molar-refractivity contribution < 1.29 is 14.7 Å². The molecule has 0 amide bonds. The zero-order valence-corrected chi connectivity index (χ0v) is 23.9. The van der Waals surface area contributed by atoms with Crippen LogP contribution in [0.5, 0.6) is 0 Å². The first-order chi connectivity index (χ1) is 18.7. The van der Waals surface area contributed by atoms with Crippen molar-refractivity contribution in [3.05, 3.63) is 40.3 Å². The first-order valence-corrected chi connectivity index (χ1v) is 14.9. The number of hydrogen-bond donors (Lipinski definition) is 1. The predicted molar refractivity (Wildman–Crippen MR) is 153 cm³/mol. The third kappa shape index (κ3) is 5.49. The van der Waals surface area contributed by atoms with Crippen LogP contribution in [0.3, 0.4) is 0 Å². The van der Waals surface area contributed by atoms with Crippen molar-refractivity contribution in [1.29, 1.82) is 0 Å². The van der Waals surface area contributed by atoms with Crippen molar-refractivity contribution in [1.82, 2.24) is 14.5 Å². The van der Waals surface area contributed by atoms with Gasteiger partial charge in [0, 0.05) is 18.1 Å². The smallest absolute Gasteiger partial charge is 0.344 e. The van der Waals surface area contributed by atoms with Crippen LogP contribution >= 0.6 is 0 Å². The van der Waals surface area contributed by atoms with Gasteiger partial charge in [0.25, 0.3) is 5.56 Å². The highest BCUT2D eigenvalue weighted by atomic mass is 16.6. The minimum absolute atomic E-state index is 0.106. The molecule has 1 aromatic heterocycles. The molecule has 0 spiro atoms. The van der Waals surface area contributed by atoms with Crippen molar-refractivity contribution in [3.8, 4) is 0 Å². The molecule has 8 heteroatoms. The maximum Gasteiger partial charge on any atom is 0.344 e. The third-order valence-electron chi connectivity index (χ3n) is 10.1. The van der Waals surface area contributed by atoms with E-state index in [-0.39, 0.29) is 23.0 Å². The number of benzene rings is 1. The summed E-state index contributed by atoms with van der Waals surface area (Å²) in [5.41, 5.74) is 2.59. The summed E-state index contributed by atoms with van der Waals surface area (Å²) in [5, 5.41) is 12.6. The van der Waals surface area contributed by atoms with Crippen LogP contribution in [0.4, 0.5) is 0 Å². The summed E-state index contributed by atoms with van der Waals surface area (Å²) in [6.45, 7) is 9.23. The summed E-state index contributed by atoms with van der Waals surface area (Å²) >= 11 is 0. The van der Waals surface area contributed by atoms with Crippen molar-refractivity contribution >= 4 is 22.7 Å². The molecule has 4 unspecified atom stereocenters. The molecule has 2 saturated heterocycles. The Kier molecular flexibility index (Phi) is 8.13. The molecule has 5 fully saturated rings. The maximum atomic E-state index is 13.5. The van der Waals surface area contributed by atoms with Gasteiger partial charge >= 0.3 is 5.97 Å². The van der Waals surface area contributed by atoms with E-state index in [1.165, 1.54) is 38.5 Å². The number of para-hydroxylation sites is 2. The summed E-state index contributed by atoms with van der Waals surface area (Å²) in [7, 11) is 0. The van der Waals surface area contributed by atoms with Crippen LogP contribution in [-0.4, -0.2) is 56.5 Å². The molecule has 3 saturated carbocycles. The highest BCUT2D eigenvalue weighted by Gasteiger charge is 2.49. The van der Waals surface area contributed by atoms with Crippen molar-refractivity contribution in [3.63, 3.8) is 0 Å². The number of carboxylic acid groups (broad SMARTS) is 1. The number of piperidine rings is 2. The normalized spacial score (nSPS) is 29.6. The van der Waals surface area contributed by atoms with Gasteiger partial charge in [-0.15, -0.1) is 0 Å². The number of aromatic nitrogens is 2. The molecule has 1 aromatic carbocycles. The number of carboxylic acids is 1. The highest BCUT2D eigenvalue weighted by Crippen LogP contribution is 2.58. The lowest BCUT2D eigenvalue weighted by molar-refractivity contribution is -0.142. The topological polar surface area (TPSA) is 97.0 Å². The van der Waals surface area contributed by atoms with Crippen LogP contribution in [0, 0.1) is 17.3 Å². The Hall–Kier alpha value is -2.74. The van der Waals surface area contributed by atoms with Crippen LogP contribution in [-0.2, 0) is 9.63 Å². The van der Waals surface area contributed by atoms with Gasteiger partial charge in [-0.05, 0) is 87.8 Å². The van der Waals surface area contributed by atoms with E-state index in [9.17, 15) is 9.59 Å². The fourth-order valence-electron chi connectivity index (χ4n) is 7.87. The minimum atomic E-state index is -1.12. The number of oxime groups is 1. The maximum absolute atomic E-state index is 13.5. The number of nitrogens with zero attached hydrogens (tertiary/aromatic N) is 4. The molecule has 7 rings (SSSR count). The lowest BCUT2D eigenvalue weighted by Gasteiger charge is -2.56. The van der Waals surface area contributed by atoms with Gasteiger partial charge in [-0.1, -0.05) is 50.9 Å². The molecular weight excluding hydrogens is 492 g/mol. The molecule has 212 valence electrons. The fourth-order valence-corrected chi connectivity index (χ4v) is 7.87. The Labute approximate surface area is 231 Å². The number of rotatable bonds is 6. The van der Waals surface area contributed by atoms with E-state index in [2.05, 4.69) is 35.8 Å². The SMILES string of the molecule is CC1(C)C2CCCC1C2.CCN1C2CCCC1CC(n1c(=O)c(/C(C)=N/OCC(=O)O)nc3ccccc31)C2. The van der Waals surface area contributed by atoms with Crippen molar-refractivity contribution in [2.75, 3.05) is 13.2 Å². The van der Waals surface area contributed by atoms with E-state index in [4.69, 9.17) is 9.94 Å². The summed E-state index contributed by atoms with van der Waals surface area (Å²) < 4.78 is 1.90. The van der Waals surface area contributed by atoms with Gasteiger partial charge < -0.3 is 14.5 Å². The molecule has 39 heavy (non-hydrogen) atoms. The van der Waals surface area contributed by atoms with Gasteiger partial charge in [0.2, 0.25) is 6.61 Å². The largest absolute Gasteiger partial charge is 0.479 e.